The van der Waals surface area contributed by atoms with Crippen LogP contribution in [0, 0.1) is 0 Å². The predicted octanol–water partition coefficient (Wildman–Crippen LogP) is -0.344. The quantitative estimate of drug-likeness (QED) is 0.550. The largest absolute Gasteiger partial charge is 0.380 e. The zero-order valence-electron chi connectivity index (χ0n) is 6.00. The van der Waals surface area contributed by atoms with E-state index in [0.717, 1.165) is 6.42 Å². The molecule has 0 saturated heterocycles. The van der Waals surface area contributed by atoms with Crippen LogP contribution in [0.1, 0.15) is 19.8 Å². The third kappa shape index (κ3) is 4.72. The van der Waals surface area contributed by atoms with Gasteiger partial charge in [0, 0.05) is 0 Å². The third-order valence-electron chi connectivity index (χ3n) is 1.05. The number of nitrogens with one attached hydrogen (secondary N) is 1. The van der Waals surface area contributed by atoms with E-state index < -0.39 is 16.8 Å². The lowest BCUT2D eigenvalue weighted by molar-refractivity contribution is 0.288. The van der Waals surface area contributed by atoms with Gasteiger partial charge in [0.15, 0.2) is 0 Å². The molecule has 0 rings (SSSR count). The molecule has 0 aliphatic carbocycles. The summed E-state index contributed by atoms with van der Waals surface area (Å²) in [7, 11) is -3.19. The van der Waals surface area contributed by atoms with Crippen molar-refractivity contribution in [2.45, 2.75) is 19.8 Å². The van der Waals surface area contributed by atoms with Gasteiger partial charge in [-0.2, -0.15) is 4.72 Å². The first-order valence-corrected chi connectivity index (χ1v) is 4.86. The predicted molar refractivity (Wildman–Crippen MR) is 38.9 cm³/mol. The lowest BCUT2D eigenvalue weighted by atomic mass is 10.4. The van der Waals surface area contributed by atoms with E-state index in [-0.39, 0.29) is 5.75 Å². The van der Waals surface area contributed by atoms with Crippen LogP contribution >= 0.6 is 0 Å². The van der Waals surface area contributed by atoms with Crippen LogP contribution in [0.15, 0.2) is 0 Å². The third-order valence-corrected chi connectivity index (χ3v) is 2.45. The number of rotatable bonds is 5. The lowest BCUT2D eigenvalue weighted by Gasteiger charge is -2.00. The van der Waals surface area contributed by atoms with Crippen molar-refractivity contribution in [3.05, 3.63) is 0 Å². The summed E-state index contributed by atoms with van der Waals surface area (Å²) in [5, 5.41) is 8.21. The van der Waals surface area contributed by atoms with Crippen LogP contribution in [-0.4, -0.2) is 26.0 Å². The molecule has 62 valence electrons. The number of sulfonamides is 1. The smallest absolute Gasteiger partial charge is 0.213 e. The van der Waals surface area contributed by atoms with Crippen molar-refractivity contribution in [2.75, 3.05) is 12.5 Å². The van der Waals surface area contributed by atoms with Crippen LogP contribution in [0.3, 0.4) is 0 Å². The molecule has 2 N–H and O–H groups in total. The normalized spacial score (nSPS) is 11.8. The van der Waals surface area contributed by atoms with Gasteiger partial charge in [0.05, 0.1) is 5.75 Å². The molecule has 0 spiro atoms. The molecule has 0 aromatic rings. The van der Waals surface area contributed by atoms with Gasteiger partial charge >= 0.3 is 0 Å². The molecular weight excluding hydrogens is 154 g/mol. The first-order valence-electron chi connectivity index (χ1n) is 3.20. The van der Waals surface area contributed by atoms with Crippen LogP contribution < -0.4 is 4.72 Å². The maximum atomic E-state index is 10.7. The molecule has 4 nitrogen and oxygen atoms in total. The number of hydrogen-bond donors (Lipinski definition) is 2. The monoisotopic (exact) mass is 167 g/mol. The summed E-state index contributed by atoms with van der Waals surface area (Å²) in [4.78, 5) is 0. The van der Waals surface area contributed by atoms with Gasteiger partial charge in [-0.25, -0.2) is 8.42 Å². The highest BCUT2D eigenvalue weighted by Gasteiger charge is 2.05. The van der Waals surface area contributed by atoms with E-state index >= 15 is 0 Å². The van der Waals surface area contributed by atoms with Crippen molar-refractivity contribution < 1.29 is 13.5 Å². The standard InChI is InChI=1S/C5H13NO3S/c1-2-3-4-10(8,9)6-5-7/h6-7H,2-5H2,1H3. The molecule has 0 aliphatic heterocycles. The minimum atomic E-state index is -3.19. The van der Waals surface area contributed by atoms with E-state index in [1.54, 1.807) is 0 Å². The highest BCUT2D eigenvalue weighted by atomic mass is 32.2. The van der Waals surface area contributed by atoms with Gasteiger partial charge in [0.25, 0.3) is 0 Å². The second-order valence-corrected chi connectivity index (χ2v) is 3.90. The van der Waals surface area contributed by atoms with Crippen LogP contribution in [0.2, 0.25) is 0 Å². The fraction of sp³-hybridized carbons (Fsp3) is 1.00. The van der Waals surface area contributed by atoms with E-state index in [0.29, 0.717) is 6.42 Å². The van der Waals surface area contributed by atoms with Gasteiger partial charge in [-0.15, -0.1) is 0 Å². The molecule has 0 aromatic carbocycles. The van der Waals surface area contributed by atoms with Gasteiger partial charge in [-0.1, -0.05) is 13.3 Å². The molecule has 10 heavy (non-hydrogen) atoms. The van der Waals surface area contributed by atoms with Gasteiger partial charge in [0.2, 0.25) is 10.0 Å². The fourth-order valence-electron chi connectivity index (χ4n) is 0.505. The molecule has 0 aromatic heterocycles. The Labute approximate surface area is 61.3 Å². The molecule has 0 amide bonds. The Balaban J connectivity index is 3.65. The second kappa shape index (κ2) is 4.65. The molecular formula is C5H13NO3S. The van der Waals surface area contributed by atoms with Crippen molar-refractivity contribution in [3.63, 3.8) is 0 Å². The first kappa shape index (κ1) is 9.87. The summed E-state index contributed by atoms with van der Waals surface area (Å²) in [6.07, 6.45) is 1.47. The molecule has 0 bridgehead atoms. The van der Waals surface area contributed by atoms with Gasteiger partial charge < -0.3 is 5.11 Å². The number of aliphatic hydroxyl groups excluding tert-OH is 1. The molecule has 0 radical (unpaired) electrons. The Bertz CT molecular complexity index is 164. The summed E-state index contributed by atoms with van der Waals surface area (Å²) >= 11 is 0. The Kier molecular flexibility index (Phi) is 4.59. The molecule has 0 unspecified atom stereocenters. The Morgan fingerprint density at radius 1 is 1.50 bits per heavy atom. The van der Waals surface area contributed by atoms with Gasteiger partial charge in [0.1, 0.15) is 6.73 Å². The maximum Gasteiger partial charge on any atom is 0.213 e. The van der Waals surface area contributed by atoms with E-state index in [9.17, 15) is 8.42 Å². The van der Waals surface area contributed by atoms with Crippen LogP contribution in [0.4, 0.5) is 0 Å². The van der Waals surface area contributed by atoms with Crippen molar-refractivity contribution in [2.24, 2.45) is 0 Å². The molecule has 0 aliphatic rings. The summed E-state index contributed by atoms with van der Waals surface area (Å²) in [6.45, 7) is 1.40. The number of hydrogen-bond acceptors (Lipinski definition) is 3. The van der Waals surface area contributed by atoms with Gasteiger partial charge in [-0.3, -0.25) is 0 Å². The number of aliphatic hydroxyl groups is 1. The Morgan fingerprint density at radius 3 is 2.50 bits per heavy atom. The molecule has 0 heterocycles. The highest BCUT2D eigenvalue weighted by molar-refractivity contribution is 7.89. The van der Waals surface area contributed by atoms with E-state index in [4.69, 9.17) is 5.11 Å². The number of unbranched alkanes of at least 4 members (excludes halogenated alkanes) is 1. The Hall–Kier alpha value is -0.130. The molecule has 0 atom stereocenters. The van der Waals surface area contributed by atoms with Crippen LogP contribution in [0.5, 0.6) is 0 Å². The van der Waals surface area contributed by atoms with Crippen LogP contribution in [0.25, 0.3) is 0 Å². The van der Waals surface area contributed by atoms with Crippen molar-refractivity contribution >= 4 is 10.0 Å². The minimum absolute atomic E-state index is 0.101. The average Bonchev–Trinajstić information content (AvgIpc) is 1.84. The lowest BCUT2D eigenvalue weighted by Crippen LogP contribution is -2.26. The van der Waals surface area contributed by atoms with Crippen molar-refractivity contribution in [3.8, 4) is 0 Å². The van der Waals surface area contributed by atoms with E-state index in [1.807, 2.05) is 11.6 Å². The van der Waals surface area contributed by atoms with Crippen molar-refractivity contribution in [1.82, 2.24) is 4.72 Å². The summed E-state index contributed by atoms with van der Waals surface area (Å²) in [5.74, 6) is 0.101. The fourth-order valence-corrected chi connectivity index (χ4v) is 1.51. The molecule has 0 fully saturated rings. The highest BCUT2D eigenvalue weighted by Crippen LogP contribution is 1.91. The summed E-state index contributed by atoms with van der Waals surface area (Å²) in [6, 6.07) is 0. The molecule has 0 saturated carbocycles. The second-order valence-electron chi connectivity index (χ2n) is 1.97. The van der Waals surface area contributed by atoms with E-state index in [2.05, 4.69) is 0 Å². The topological polar surface area (TPSA) is 66.4 Å². The van der Waals surface area contributed by atoms with Crippen LogP contribution in [-0.2, 0) is 10.0 Å². The first-order chi connectivity index (χ1) is 4.62. The van der Waals surface area contributed by atoms with Crippen molar-refractivity contribution in [1.29, 1.82) is 0 Å². The SMILES string of the molecule is CCCCS(=O)(=O)NCO. The zero-order chi connectivity index (χ0) is 8.04. The minimum Gasteiger partial charge on any atom is -0.380 e. The Morgan fingerprint density at radius 2 is 2.10 bits per heavy atom. The maximum absolute atomic E-state index is 10.7. The van der Waals surface area contributed by atoms with Gasteiger partial charge in [-0.05, 0) is 6.42 Å². The van der Waals surface area contributed by atoms with E-state index in [1.165, 1.54) is 0 Å². The molecule has 5 heteroatoms. The average molecular weight is 167 g/mol. The summed E-state index contributed by atoms with van der Waals surface area (Å²) < 4.78 is 23.4. The summed E-state index contributed by atoms with van der Waals surface area (Å²) in [5.41, 5.74) is 0. The zero-order valence-corrected chi connectivity index (χ0v) is 6.82.